The average Bonchev–Trinajstić information content (AvgIpc) is 2.55. The van der Waals surface area contributed by atoms with Crippen molar-refractivity contribution in [3.63, 3.8) is 0 Å². The van der Waals surface area contributed by atoms with E-state index < -0.39 is 5.97 Å². The van der Waals surface area contributed by atoms with Gasteiger partial charge in [0.1, 0.15) is 0 Å². The molecule has 17 heavy (non-hydrogen) atoms. The first kappa shape index (κ1) is 14.4. The molecule has 0 aromatic carbocycles. The highest BCUT2D eigenvalue weighted by Crippen LogP contribution is 2.25. The highest BCUT2D eigenvalue weighted by molar-refractivity contribution is 7.98. The molecule has 0 aliphatic heterocycles. The zero-order valence-corrected chi connectivity index (χ0v) is 11.8. The van der Waals surface area contributed by atoms with Crippen LogP contribution in [0.1, 0.15) is 25.2 Å². The lowest BCUT2D eigenvalue weighted by Gasteiger charge is -2.06. The molecule has 0 spiro atoms. The molecule has 4 nitrogen and oxygen atoms in total. The molecular formula is C11H17ClN2O2S. The Balaban J connectivity index is 2.58. The van der Waals surface area contributed by atoms with E-state index in [0.29, 0.717) is 16.5 Å². The third-order valence-corrected chi connectivity index (χ3v) is 4.18. The van der Waals surface area contributed by atoms with Crippen molar-refractivity contribution < 1.29 is 9.90 Å². The van der Waals surface area contributed by atoms with Crippen molar-refractivity contribution in [1.82, 2.24) is 9.78 Å². The van der Waals surface area contributed by atoms with E-state index in [0.717, 1.165) is 17.8 Å². The Morgan fingerprint density at radius 2 is 2.29 bits per heavy atom. The maximum Gasteiger partial charge on any atom is 0.307 e. The van der Waals surface area contributed by atoms with Crippen LogP contribution in [-0.2, 0) is 24.0 Å². The van der Waals surface area contributed by atoms with Gasteiger partial charge in [-0.15, -0.1) is 0 Å². The number of halogens is 1. The van der Waals surface area contributed by atoms with Crippen LogP contribution in [0, 0.1) is 5.92 Å². The summed E-state index contributed by atoms with van der Waals surface area (Å²) in [7, 11) is 1.86. The fourth-order valence-electron chi connectivity index (χ4n) is 1.38. The highest BCUT2D eigenvalue weighted by atomic mass is 35.5. The molecule has 1 rings (SSSR count). The van der Waals surface area contributed by atoms with Crippen molar-refractivity contribution in [3.05, 3.63) is 16.4 Å². The molecule has 1 unspecified atom stereocenters. The summed E-state index contributed by atoms with van der Waals surface area (Å²) in [5, 5.41) is 13.8. The van der Waals surface area contributed by atoms with Gasteiger partial charge in [0.2, 0.25) is 0 Å². The zero-order chi connectivity index (χ0) is 13.0. The molecule has 96 valence electrons. The second-order valence-electron chi connectivity index (χ2n) is 3.94. The SMILES string of the molecule is CCc1nn(C)c(CSCC(C)C(=O)O)c1Cl. The second kappa shape index (κ2) is 6.31. The lowest BCUT2D eigenvalue weighted by atomic mass is 10.2. The Morgan fingerprint density at radius 3 is 2.76 bits per heavy atom. The number of aliphatic carboxylic acids is 1. The van der Waals surface area contributed by atoms with Gasteiger partial charge in [-0.1, -0.05) is 25.4 Å². The lowest BCUT2D eigenvalue weighted by molar-refractivity contribution is -0.140. The Kier molecular flexibility index (Phi) is 5.33. The normalized spacial score (nSPS) is 12.7. The van der Waals surface area contributed by atoms with Gasteiger partial charge in [0.05, 0.1) is 22.3 Å². The first-order valence-electron chi connectivity index (χ1n) is 5.48. The van der Waals surface area contributed by atoms with Crippen LogP contribution in [0.3, 0.4) is 0 Å². The van der Waals surface area contributed by atoms with Crippen molar-refractivity contribution in [2.75, 3.05) is 5.75 Å². The smallest absolute Gasteiger partial charge is 0.307 e. The molecule has 0 fully saturated rings. The molecule has 0 amide bonds. The fourth-order valence-corrected chi connectivity index (χ4v) is 2.96. The van der Waals surface area contributed by atoms with E-state index in [4.69, 9.17) is 16.7 Å². The van der Waals surface area contributed by atoms with Crippen molar-refractivity contribution in [2.45, 2.75) is 26.0 Å². The summed E-state index contributed by atoms with van der Waals surface area (Å²) >= 11 is 7.76. The predicted molar refractivity (Wildman–Crippen MR) is 70.6 cm³/mol. The number of aromatic nitrogens is 2. The minimum Gasteiger partial charge on any atom is -0.481 e. The number of carboxylic acids is 1. The van der Waals surface area contributed by atoms with E-state index in [1.54, 1.807) is 23.4 Å². The first-order valence-corrected chi connectivity index (χ1v) is 7.01. The van der Waals surface area contributed by atoms with Crippen molar-refractivity contribution in [1.29, 1.82) is 0 Å². The minimum atomic E-state index is -0.761. The Hall–Kier alpha value is -0.680. The van der Waals surface area contributed by atoms with Crippen LogP contribution in [0.4, 0.5) is 0 Å². The fraction of sp³-hybridized carbons (Fsp3) is 0.636. The van der Waals surface area contributed by atoms with Crippen LogP contribution < -0.4 is 0 Å². The lowest BCUT2D eigenvalue weighted by Crippen LogP contribution is -2.12. The molecule has 1 aromatic heterocycles. The van der Waals surface area contributed by atoms with Crippen LogP contribution in [0.5, 0.6) is 0 Å². The summed E-state index contributed by atoms with van der Waals surface area (Å²) < 4.78 is 1.78. The molecule has 0 aliphatic carbocycles. The molecule has 1 heterocycles. The largest absolute Gasteiger partial charge is 0.481 e. The topological polar surface area (TPSA) is 55.1 Å². The summed E-state index contributed by atoms with van der Waals surface area (Å²) in [5.74, 6) is 0.179. The summed E-state index contributed by atoms with van der Waals surface area (Å²) in [4.78, 5) is 10.7. The van der Waals surface area contributed by atoms with E-state index in [9.17, 15) is 4.79 Å². The van der Waals surface area contributed by atoms with Gasteiger partial charge in [-0.05, 0) is 6.42 Å². The van der Waals surface area contributed by atoms with Gasteiger partial charge in [0, 0.05) is 18.6 Å². The number of hydrogen-bond donors (Lipinski definition) is 1. The van der Waals surface area contributed by atoms with E-state index >= 15 is 0 Å². The standard InChI is InChI=1S/C11H17ClN2O2S/c1-4-8-10(12)9(14(3)13-8)6-17-5-7(2)11(15)16/h7H,4-6H2,1-3H3,(H,15,16). The Bertz CT molecular complexity index is 406. The van der Waals surface area contributed by atoms with Crippen LogP contribution >= 0.6 is 23.4 Å². The van der Waals surface area contributed by atoms with E-state index in [-0.39, 0.29) is 5.92 Å². The molecule has 1 atom stereocenters. The number of hydrogen-bond acceptors (Lipinski definition) is 3. The molecule has 1 N–H and O–H groups in total. The quantitative estimate of drug-likeness (QED) is 0.868. The number of nitrogens with zero attached hydrogens (tertiary/aromatic N) is 2. The van der Waals surface area contributed by atoms with Gasteiger partial charge in [-0.2, -0.15) is 16.9 Å². The second-order valence-corrected chi connectivity index (χ2v) is 5.35. The predicted octanol–water partition coefficient (Wildman–Crippen LogP) is 2.59. The first-order chi connectivity index (χ1) is 7.97. The van der Waals surface area contributed by atoms with Gasteiger partial charge in [0.25, 0.3) is 0 Å². The molecule has 0 bridgehead atoms. The van der Waals surface area contributed by atoms with Gasteiger partial charge >= 0.3 is 5.97 Å². The van der Waals surface area contributed by atoms with Crippen LogP contribution in [-0.4, -0.2) is 26.6 Å². The zero-order valence-electron chi connectivity index (χ0n) is 10.2. The van der Waals surface area contributed by atoms with Crippen LogP contribution in [0.25, 0.3) is 0 Å². The maximum absolute atomic E-state index is 10.7. The van der Waals surface area contributed by atoms with Crippen molar-refractivity contribution >= 4 is 29.3 Å². The molecule has 1 aromatic rings. The van der Waals surface area contributed by atoms with Crippen molar-refractivity contribution in [3.8, 4) is 0 Å². The van der Waals surface area contributed by atoms with Gasteiger partial charge in [0.15, 0.2) is 0 Å². The molecule has 6 heteroatoms. The van der Waals surface area contributed by atoms with Gasteiger partial charge in [-0.3, -0.25) is 9.48 Å². The number of rotatable bonds is 6. The summed E-state index contributed by atoms with van der Waals surface area (Å²) in [6, 6.07) is 0. The molecule has 0 radical (unpaired) electrons. The molecular weight excluding hydrogens is 260 g/mol. The van der Waals surface area contributed by atoms with Crippen LogP contribution in [0.2, 0.25) is 5.02 Å². The summed E-state index contributed by atoms with van der Waals surface area (Å²) in [6.45, 7) is 3.72. The van der Waals surface area contributed by atoms with Crippen LogP contribution in [0.15, 0.2) is 0 Å². The Labute approximate surface area is 110 Å². The monoisotopic (exact) mass is 276 g/mol. The highest BCUT2D eigenvalue weighted by Gasteiger charge is 2.15. The number of aryl methyl sites for hydroxylation is 2. The summed E-state index contributed by atoms with van der Waals surface area (Å²) in [5.41, 5.74) is 1.86. The van der Waals surface area contributed by atoms with Crippen molar-refractivity contribution in [2.24, 2.45) is 13.0 Å². The summed E-state index contributed by atoms with van der Waals surface area (Å²) in [6.07, 6.45) is 0.808. The number of thioether (sulfide) groups is 1. The van der Waals surface area contributed by atoms with Gasteiger partial charge in [-0.25, -0.2) is 0 Å². The van der Waals surface area contributed by atoms with E-state index in [1.165, 1.54) is 0 Å². The van der Waals surface area contributed by atoms with E-state index in [2.05, 4.69) is 5.10 Å². The molecule has 0 saturated carbocycles. The van der Waals surface area contributed by atoms with E-state index in [1.807, 2.05) is 14.0 Å². The Morgan fingerprint density at radius 1 is 1.65 bits per heavy atom. The number of carbonyl (C=O) groups is 1. The molecule has 0 aliphatic rings. The minimum absolute atomic E-state index is 0.336. The maximum atomic E-state index is 10.7. The number of carboxylic acid groups (broad SMARTS) is 1. The molecule has 0 saturated heterocycles. The van der Waals surface area contributed by atoms with Gasteiger partial charge < -0.3 is 5.11 Å². The third-order valence-electron chi connectivity index (χ3n) is 2.53. The average molecular weight is 277 g/mol. The third kappa shape index (κ3) is 3.64.